The minimum Gasteiger partial charge on any atom is -0.438 e. The summed E-state index contributed by atoms with van der Waals surface area (Å²) < 4.78 is 5.82. The standard InChI is InChI=1S/C23H17N3O/c1-14-6-5-7-15(2)22(14)20-11-19(25-13-26-20)16-10-18-17-8-3-4-9-21(17)27-23(18)24-12-16/h3-13H,1-2H3. The average molecular weight is 351 g/mol. The van der Waals surface area contributed by atoms with Gasteiger partial charge in [0, 0.05) is 28.1 Å². The molecule has 5 rings (SSSR count). The molecule has 0 atom stereocenters. The minimum atomic E-state index is 0.643. The number of aromatic nitrogens is 3. The lowest BCUT2D eigenvalue weighted by Crippen LogP contribution is -1.94. The molecule has 3 heterocycles. The van der Waals surface area contributed by atoms with E-state index >= 15 is 0 Å². The highest BCUT2D eigenvalue weighted by molar-refractivity contribution is 6.04. The molecule has 0 aliphatic heterocycles. The summed E-state index contributed by atoms with van der Waals surface area (Å²) in [6, 6.07) is 18.4. The molecule has 0 N–H and O–H groups in total. The molecule has 0 spiro atoms. The van der Waals surface area contributed by atoms with E-state index < -0.39 is 0 Å². The summed E-state index contributed by atoms with van der Waals surface area (Å²) in [4.78, 5) is 13.5. The van der Waals surface area contributed by atoms with Gasteiger partial charge in [-0.05, 0) is 43.2 Å². The number of hydrogen-bond donors (Lipinski definition) is 0. The summed E-state index contributed by atoms with van der Waals surface area (Å²) in [5, 5.41) is 2.06. The predicted octanol–water partition coefficient (Wildman–Crippen LogP) is 5.72. The molecule has 0 unspecified atom stereocenters. The number of hydrogen-bond acceptors (Lipinski definition) is 4. The van der Waals surface area contributed by atoms with E-state index in [0.717, 1.165) is 38.9 Å². The first kappa shape index (κ1) is 15.7. The largest absolute Gasteiger partial charge is 0.438 e. The van der Waals surface area contributed by atoms with Gasteiger partial charge in [0.2, 0.25) is 5.71 Å². The minimum absolute atomic E-state index is 0.643. The number of nitrogens with zero attached hydrogens (tertiary/aromatic N) is 3. The topological polar surface area (TPSA) is 51.8 Å². The van der Waals surface area contributed by atoms with E-state index in [4.69, 9.17) is 4.42 Å². The maximum absolute atomic E-state index is 5.82. The molecule has 0 fully saturated rings. The Hall–Kier alpha value is -3.53. The molecule has 0 aliphatic rings. The van der Waals surface area contributed by atoms with Gasteiger partial charge in [0.1, 0.15) is 11.9 Å². The number of rotatable bonds is 2. The Morgan fingerprint density at radius 3 is 2.37 bits per heavy atom. The SMILES string of the molecule is Cc1cccc(C)c1-c1cc(-c2cnc3oc4ccccc4c3c2)ncn1. The molecule has 3 aromatic heterocycles. The van der Waals surface area contributed by atoms with Crippen LogP contribution in [0.25, 0.3) is 44.6 Å². The van der Waals surface area contributed by atoms with Crippen molar-refractivity contribution in [3.8, 4) is 22.5 Å². The fourth-order valence-corrected chi connectivity index (χ4v) is 3.62. The Balaban J connectivity index is 1.68. The second kappa shape index (κ2) is 6.02. The quantitative estimate of drug-likeness (QED) is 0.408. The van der Waals surface area contributed by atoms with Crippen LogP contribution in [-0.2, 0) is 0 Å². The van der Waals surface area contributed by atoms with Gasteiger partial charge >= 0.3 is 0 Å². The van der Waals surface area contributed by atoms with Crippen molar-refractivity contribution in [1.29, 1.82) is 0 Å². The van der Waals surface area contributed by atoms with Gasteiger partial charge < -0.3 is 4.42 Å². The van der Waals surface area contributed by atoms with Crippen LogP contribution in [0.2, 0.25) is 0 Å². The van der Waals surface area contributed by atoms with Gasteiger partial charge in [-0.3, -0.25) is 0 Å². The first-order chi connectivity index (χ1) is 13.2. The summed E-state index contributed by atoms with van der Waals surface area (Å²) >= 11 is 0. The molecule has 130 valence electrons. The van der Waals surface area contributed by atoms with Crippen LogP contribution in [0.15, 0.2) is 71.5 Å². The molecular weight excluding hydrogens is 334 g/mol. The predicted molar refractivity (Wildman–Crippen MR) is 107 cm³/mol. The summed E-state index contributed by atoms with van der Waals surface area (Å²) in [7, 11) is 0. The number of pyridine rings is 1. The van der Waals surface area contributed by atoms with Gasteiger partial charge in [0.05, 0.1) is 11.4 Å². The molecule has 0 aliphatic carbocycles. The Morgan fingerprint density at radius 2 is 1.52 bits per heavy atom. The monoisotopic (exact) mass is 351 g/mol. The van der Waals surface area contributed by atoms with E-state index in [1.807, 2.05) is 30.5 Å². The smallest absolute Gasteiger partial charge is 0.227 e. The second-order valence-corrected chi connectivity index (χ2v) is 6.73. The third-order valence-electron chi connectivity index (χ3n) is 4.94. The van der Waals surface area contributed by atoms with Crippen LogP contribution in [-0.4, -0.2) is 15.0 Å². The molecule has 0 saturated heterocycles. The van der Waals surface area contributed by atoms with Gasteiger partial charge in [-0.25, -0.2) is 15.0 Å². The van der Waals surface area contributed by atoms with Gasteiger partial charge in [0.15, 0.2) is 0 Å². The number of para-hydroxylation sites is 1. The van der Waals surface area contributed by atoms with Crippen molar-refractivity contribution in [2.24, 2.45) is 0 Å². The summed E-state index contributed by atoms with van der Waals surface area (Å²) in [5.74, 6) is 0. The summed E-state index contributed by atoms with van der Waals surface area (Å²) in [6.07, 6.45) is 3.43. The zero-order valence-electron chi connectivity index (χ0n) is 15.1. The molecule has 0 saturated carbocycles. The van der Waals surface area contributed by atoms with Crippen molar-refractivity contribution in [3.05, 3.63) is 78.2 Å². The lowest BCUT2D eigenvalue weighted by molar-refractivity contribution is 0.654. The maximum Gasteiger partial charge on any atom is 0.227 e. The van der Waals surface area contributed by atoms with E-state index in [-0.39, 0.29) is 0 Å². The number of benzene rings is 2. The van der Waals surface area contributed by atoms with E-state index in [9.17, 15) is 0 Å². The number of fused-ring (bicyclic) bond motifs is 3. The van der Waals surface area contributed by atoms with E-state index in [1.165, 1.54) is 11.1 Å². The molecule has 5 aromatic rings. The van der Waals surface area contributed by atoms with Crippen molar-refractivity contribution >= 4 is 22.1 Å². The van der Waals surface area contributed by atoms with Crippen LogP contribution in [0, 0.1) is 13.8 Å². The highest BCUT2D eigenvalue weighted by Gasteiger charge is 2.12. The summed E-state index contributed by atoms with van der Waals surface area (Å²) in [6.45, 7) is 4.21. The third-order valence-corrected chi connectivity index (χ3v) is 4.94. The molecule has 4 nitrogen and oxygen atoms in total. The number of furan rings is 1. The Morgan fingerprint density at radius 1 is 0.741 bits per heavy atom. The molecule has 0 amide bonds. The zero-order chi connectivity index (χ0) is 18.4. The van der Waals surface area contributed by atoms with Crippen LogP contribution in [0.5, 0.6) is 0 Å². The van der Waals surface area contributed by atoms with E-state index in [2.05, 4.69) is 59.1 Å². The molecular formula is C23H17N3O. The molecule has 2 aromatic carbocycles. The average Bonchev–Trinajstić information content (AvgIpc) is 3.06. The second-order valence-electron chi connectivity index (χ2n) is 6.73. The molecule has 4 heteroatoms. The van der Waals surface area contributed by atoms with Crippen LogP contribution < -0.4 is 0 Å². The molecule has 0 radical (unpaired) electrons. The van der Waals surface area contributed by atoms with Gasteiger partial charge in [-0.1, -0.05) is 36.4 Å². The lowest BCUT2D eigenvalue weighted by Gasteiger charge is -2.10. The molecule has 27 heavy (non-hydrogen) atoms. The van der Waals surface area contributed by atoms with Crippen LogP contribution in [0.3, 0.4) is 0 Å². The van der Waals surface area contributed by atoms with Gasteiger partial charge in [0.25, 0.3) is 0 Å². The Kier molecular flexibility index (Phi) is 3.50. The van der Waals surface area contributed by atoms with Crippen LogP contribution in [0.1, 0.15) is 11.1 Å². The Bertz CT molecular complexity index is 1280. The highest BCUT2D eigenvalue weighted by atomic mass is 16.3. The van der Waals surface area contributed by atoms with E-state index in [1.54, 1.807) is 6.33 Å². The highest BCUT2D eigenvalue weighted by Crippen LogP contribution is 2.32. The lowest BCUT2D eigenvalue weighted by atomic mass is 9.99. The summed E-state index contributed by atoms with van der Waals surface area (Å²) in [5.41, 5.74) is 7.77. The fourth-order valence-electron chi connectivity index (χ4n) is 3.62. The van der Waals surface area contributed by atoms with Crippen molar-refractivity contribution in [2.45, 2.75) is 13.8 Å². The van der Waals surface area contributed by atoms with Gasteiger partial charge in [-0.2, -0.15) is 0 Å². The van der Waals surface area contributed by atoms with Gasteiger partial charge in [-0.15, -0.1) is 0 Å². The maximum atomic E-state index is 5.82. The first-order valence-electron chi connectivity index (χ1n) is 8.87. The van der Waals surface area contributed by atoms with E-state index in [0.29, 0.717) is 5.71 Å². The van der Waals surface area contributed by atoms with Crippen molar-refractivity contribution < 1.29 is 4.42 Å². The normalized spacial score (nSPS) is 11.3. The fraction of sp³-hybridized carbons (Fsp3) is 0.0870. The molecule has 0 bridgehead atoms. The first-order valence-corrected chi connectivity index (χ1v) is 8.87. The third kappa shape index (κ3) is 2.57. The van der Waals surface area contributed by atoms with Crippen LogP contribution in [0.4, 0.5) is 0 Å². The van der Waals surface area contributed by atoms with Crippen molar-refractivity contribution in [2.75, 3.05) is 0 Å². The van der Waals surface area contributed by atoms with Crippen LogP contribution >= 0.6 is 0 Å². The Labute approximate surface area is 156 Å². The van der Waals surface area contributed by atoms with Crippen molar-refractivity contribution in [1.82, 2.24) is 15.0 Å². The van der Waals surface area contributed by atoms with Crippen molar-refractivity contribution in [3.63, 3.8) is 0 Å². The number of aryl methyl sites for hydroxylation is 2. The zero-order valence-corrected chi connectivity index (χ0v) is 15.1.